The van der Waals surface area contributed by atoms with Crippen molar-refractivity contribution in [1.29, 1.82) is 0 Å². The van der Waals surface area contributed by atoms with E-state index in [4.69, 9.17) is 0 Å². The van der Waals surface area contributed by atoms with E-state index in [1.165, 1.54) is 104 Å². The van der Waals surface area contributed by atoms with Crippen LogP contribution in [-0.4, -0.2) is 252 Å². The number of amides is 12. The van der Waals surface area contributed by atoms with Gasteiger partial charge in [0.05, 0.1) is 12.6 Å². The second kappa shape index (κ2) is 47.1. The molecule has 0 saturated carbocycles. The normalized spacial score (nSPS) is 15.0. The molecule has 11 atom stereocenters. The van der Waals surface area contributed by atoms with Crippen molar-refractivity contribution in [3.63, 3.8) is 0 Å². The summed E-state index contributed by atoms with van der Waals surface area (Å²) in [5.74, 6) is -7.20. The number of rotatable bonds is 48. The molecule has 0 rings (SSSR count). The van der Waals surface area contributed by atoms with E-state index in [1.807, 2.05) is 76.2 Å². The number of hydrogen-bond acceptors (Lipinski definition) is 15. The van der Waals surface area contributed by atoms with Gasteiger partial charge in [-0.05, 0) is 112 Å². The van der Waals surface area contributed by atoms with Gasteiger partial charge in [-0.2, -0.15) is 11.8 Å². The number of carbonyl (C=O) groups is 12. The Morgan fingerprint density at radius 2 is 0.929 bits per heavy atom. The van der Waals surface area contributed by atoms with Gasteiger partial charge in [0.25, 0.3) is 0 Å². The first-order chi connectivity index (χ1) is 45.6. The summed E-state index contributed by atoms with van der Waals surface area (Å²) in [4.78, 5) is 175. The van der Waals surface area contributed by atoms with Crippen LogP contribution in [0.1, 0.15) is 201 Å². The highest BCUT2D eigenvalue weighted by molar-refractivity contribution is 7.99. The summed E-state index contributed by atoms with van der Waals surface area (Å²) in [6.07, 6.45) is 5.74. The van der Waals surface area contributed by atoms with E-state index in [9.17, 15) is 63.0 Å². The Bertz CT molecular complexity index is 2520. The van der Waals surface area contributed by atoms with Crippen molar-refractivity contribution in [1.82, 2.24) is 61.3 Å². The maximum absolute atomic E-state index is 15.2. The molecule has 0 aliphatic rings. The van der Waals surface area contributed by atoms with Gasteiger partial charge in [-0.15, -0.1) is 0 Å². The van der Waals surface area contributed by atoms with Gasteiger partial charge in [-0.25, -0.2) is 0 Å². The molecule has 0 heterocycles. The molecule has 8 N–H and O–H groups in total. The predicted molar refractivity (Wildman–Crippen MR) is 385 cm³/mol. The topological polar surface area (TPSA) is 337 Å². The summed E-state index contributed by atoms with van der Waals surface area (Å²) >= 11 is 1.37. The minimum absolute atomic E-state index is 0.0240. The number of aliphatic hydroxyl groups is 2. The lowest BCUT2D eigenvalue weighted by atomic mass is 9.90. The van der Waals surface area contributed by atoms with E-state index >= 15 is 4.79 Å². The Balaban J connectivity index is 6.94. The average molecular weight is 1410 g/mol. The van der Waals surface area contributed by atoms with Crippen molar-refractivity contribution in [2.24, 2.45) is 41.4 Å². The number of aliphatic hydroxyl groups excluding tert-OH is 2. The molecule has 566 valence electrons. The van der Waals surface area contributed by atoms with Crippen LogP contribution >= 0.6 is 11.8 Å². The standard InChI is InChI=1S/C71H132N12O14S/c1-24-52(76-67(93)61(83(23)58(86)40-47(10)11)62(88)49(14)32-28-26-25-27-29-33-73-51(16)85)68(94)82(22)57(42-98-35-31-30-34-84)70(96)80(20)55(38-45(6)7)66(92)77-60(48(12)13)71(97)81(21)54(37-44(4)5)65(91)75-50(15)63(89)74-41-59(87)78(18)56(39-46(8)9)69(95)79(19)53(36-43(2)3)64(90)72-17/h43-50,52-57,60-62,84,88H,24-42H2,1-23H3,(H,72,90)(H,73,85)(H,74,89)(H,75,91)(H,76,93)(H,77,92)/t49-,50-,52+,53+,54+,55+,56+,57-,60+,61?,62-/m1/s1. The summed E-state index contributed by atoms with van der Waals surface area (Å²) < 4.78 is 0. The molecule has 0 spiro atoms. The lowest BCUT2D eigenvalue weighted by molar-refractivity contribution is -0.150. The van der Waals surface area contributed by atoms with Crippen molar-refractivity contribution in [2.45, 2.75) is 261 Å². The second-order valence-corrected chi connectivity index (χ2v) is 30.4. The van der Waals surface area contributed by atoms with E-state index in [0.717, 1.165) is 32.1 Å². The Morgan fingerprint density at radius 1 is 0.459 bits per heavy atom. The second-order valence-electron chi connectivity index (χ2n) is 29.2. The molecule has 0 aromatic rings. The zero-order valence-electron chi connectivity index (χ0n) is 64.1. The van der Waals surface area contributed by atoms with Crippen LogP contribution in [-0.2, 0) is 57.5 Å². The molecular weight excluding hydrogens is 1280 g/mol. The average Bonchev–Trinajstić information content (AvgIpc) is 0.823. The van der Waals surface area contributed by atoms with Gasteiger partial charge in [0.1, 0.15) is 54.4 Å². The Hall–Kier alpha value is -6.09. The zero-order chi connectivity index (χ0) is 75.6. The van der Waals surface area contributed by atoms with Crippen LogP contribution in [0.5, 0.6) is 0 Å². The van der Waals surface area contributed by atoms with Gasteiger partial charge < -0.3 is 71.5 Å². The molecule has 12 amide bonds. The van der Waals surface area contributed by atoms with E-state index < -0.39 is 132 Å². The fourth-order valence-corrected chi connectivity index (χ4v) is 12.7. The molecule has 27 heteroatoms. The lowest BCUT2D eigenvalue weighted by Gasteiger charge is -2.38. The predicted octanol–water partition coefficient (Wildman–Crippen LogP) is 4.56. The van der Waals surface area contributed by atoms with Crippen LogP contribution in [0.3, 0.4) is 0 Å². The highest BCUT2D eigenvalue weighted by Crippen LogP contribution is 2.25. The van der Waals surface area contributed by atoms with Crippen LogP contribution in [0.15, 0.2) is 0 Å². The number of hydrogen-bond donors (Lipinski definition) is 8. The number of unbranched alkanes of at least 4 members (excludes halogenated alkanes) is 5. The molecule has 0 aliphatic heterocycles. The third kappa shape index (κ3) is 32.1. The van der Waals surface area contributed by atoms with Crippen molar-refractivity contribution in [2.75, 3.05) is 80.5 Å². The first-order valence-corrected chi connectivity index (χ1v) is 36.9. The van der Waals surface area contributed by atoms with Gasteiger partial charge in [0, 0.05) is 81.6 Å². The molecular formula is C71H132N12O14S. The smallest absolute Gasteiger partial charge is 0.246 e. The summed E-state index contributed by atoms with van der Waals surface area (Å²) in [6.45, 7) is 28.8. The molecule has 26 nitrogen and oxygen atoms in total. The lowest BCUT2D eigenvalue weighted by Crippen LogP contribution is -2.62. The summed E-state index contributed by atoms with van der Waals surface area (Å²) in [5, 5.41) is 37.9. The Labute approximate surface area is 592 Å². The van der Waals surface area contributed by atoms with Crippen molar-refractivity contribution in [3.8, 4) is 0 Å². The fourth-order valence-electron chi connectivity index (χ4n) is 11.5. The Morgan fingerprint density at radius 3 is 1.41 bits per heavy atom. The van der Waals surface area contributed by atoms with Crippen molar-refractivity contribution >= 4 is 82.6 Å². The van der Waals surface area contributed by atoms with Crippen molar-refractivity contribution in [3.05, 3.63) is 0 Å². The molecule has 0 aliphatic carbocycles. The molecule has 0 aromatic heterocycles. The number of thioether (sulfide) groups is 1. The molecule has 0 fully saturated rings. The van der Waals surface area contributed by atoms with Crippen LogP contribution in [0.4, 0.5) is 0 Å². The van der Waals surface area contributed by atoms with E-state index in [1.54, 1.807) is 20.8 Å². The number of likely N-dealkylation sites (N-methyl/N-ethyl adjacent to an activating group) is 7. The zero-order valence-corrected chi connectivity index (χ0v) is 65.0. The molecule has 0 radical (unpaired) electrons. The van der Waals surface area contributed by atoms with Crippen LogP contribution in [0, 0.1) is 41.4 Å². The van der Waals surface area contributed by atoms with Gasteiger partial charge in [-0.1, -0.05) is 123 Å². The number of nitrogens with one attached hydrogen (secondary N) is 6. The third-order valence-electron chi connectivity index (χ3n) is 17.8. The highest BCUT2D eigenvalue weighted by atomic mass is 32.2. The molecule has 0 saturated heterocycles. The summed E-state index contributed by atoms with van der Waals surface area (Å²) in [7, 11) is 10.3. The van der Waals surface area contributed by atoms with Gasteiger partial charge in [-0.3, -0.25) is 57.5 Å². The van der Waals surface area contributed by atoms with Crippen LogP contribution < -0.4 is 31.9 Å². The van der Waals surface area contributed by atoms with E-state index in [0.29, 0.717) is 38.0 Å². The van der Waals surface area contributed by atoms with Crippen molar-refractivity contribution < 1.29 is 67.7 Å². The molecule has 0 aromatic carbocycles. The summed E-state index contributed by atoms with van der Waals surface area (Å²) in [6, 6.07) is -10.3. The maximum Gasteiger partial charge on any atom is 0.246 e. The highest BCUT2D eigenvalue weighted by Gasteiger charge is 2.43. The quantitative estimate of drug-likeness (QED) is 0.0387. The maximum atomic E-state index is 15.2. The fraction of sp³-hybridized carbons (Fsp3) is 0.831. The first kappa shape index (κ1) is 91.9. The summed E-state index contributed by atoms with van der Waals surface area (Å²) in [5.41, 5.74) is 0. The minimum atomic E-state index is -1.36. The molecule has 1 unspecified atom stereocenters. The minimum Gasteiger partial charge on any atom is -0.396 e. The van der Waals surface area contributed by atoms with E-state index in [2.05, 4.69) is 31.9 Å². The third-order valence-corrected chi connectivity index (χ3v) is 18.9. The Kier molecular flexibility index (Phi) is 44.2. The molecule has 0 bridgehead atoms. The monoisotopic (exact) mass is 1410 g/mol. The number of nitrogens with zero attached hydrogens (tertiary/aromatic N) is 6. The van der Waals surface area contributed by atoms with Gasteiger partial charge in [0.2, 0.25) is 70.9 Å². The first-order valence-electron chi connectivity index (χ1n) is 35.7. The van der Waals surface area contributed by atoms with E-state index in [-0.39, 0.29) is 91.8 Å². The largest absolute Gasteiger partial charge is 0.396 e. The number of carbonyl (C=O) groups excluding carboxylic acids is 12. The van der Waals surface area contributed by atoms with Gasteiger partial charge >= 0.3 is 0 Å². The SMILES string of the molecule is CC[C@H](NC(=O)C([C@H](O)[C@H](C)CCCCCCCNC(C)=O)N(C)C(=O)CC(C)C)C(=O)N(C)[C@H](CSCCCCO)C(=O)N(C)[C@@H](CC(C)C)C(=O)N[C@H](C(=O)N(C)[C@@H](CC(C)C)C(=O)N[C@H](C)C(=O)NCC(=O)N(C)[C@@H](CC(C)C)C(=O)N(C)[C@@H](CC(C)C)C(=O)NC)C(C)C. The van der Waals surface area contributed by atoms with Gasteiger partial charge in [0.15, 0.2) is 0 Å². The van der Waals surface area contributed by atoms with Crippen LogP contribution in [0.2, 0.25) is 0 Å². The molecule has 98 heavy (non-hydrogen) atoms. The van der Waals surface area contributed by atoms with Crippen LogP contribution in [0.25, 0.3) is 0 Å².